The topological polar surface area (TPSA) is 64.6 Å². The molecule has 2 aromatic carbocycles. The van der Waals surface area contributed by atoms with Gasteiger partial charge in [0.25, 0.3) is 10.0 Å². The Hall–Kier alpha value is -1.73. The first-order valence-corrected chi connectivity index (χ1v) is 8.24. The van der Waals surface area contributed by atoms with Crippen LogP contribution in [0, 0.1) is 0 Å². The van der Waals surface area contributed by atoms with Crippen LogP contribution >= 0.6 is 15.9 Å². The molecule has 0 aromatic heterocycles. The van der Waals surface area contributed by atoms with Crippen LogP contribution in [0.25, 0.3) is 0 Å². The molecule has 0 spiro atoms. The van der Waals surface area contributed by atoms with Crippen molar-refractivity contribution in [2.24, 2.45) is 0 Å². The number of ether oxygens (including phenoxy) is 2. The van der Waals surface area contributed by atoms with Gasteiger partial charge < -0.3 is 9.47 Å². The van der Waals surface area contributed by atoms with Crippen molar-refractivity contribution >= 4 is 31.6 Å². The average molecular weight is 372 g/mol. The third-order valence-corrected chi connectivity index (χ3v) is 4.77. The molecule has 0 heterocycles. The van der Waals surface area contributed by atoms with E-state index >= 15 is 0 Å². The predicted molar refractivity (Wildman–Crippen MR) is 84.5 cm³/mol. The lowest BCUT2D eigenvalue weighted by Crippen LogP contribution is -2.12. The second kappa shape index (κ2) is 6.36. The van der Waals surface area contributed by atoms with Crippen molar-refractivity contribution < 1.29 is 17.9 Å². The van der Waals surface area contributed by atoms with Crippen molar-refractivity contribution in [3.63, 3.8) is 0 Å². The summed E-state index contributed by atoms with van der Waals surface area (Å²) in [4.78, 5) is 0.144. The van der Waals surface area contributed by atoms with Crippen molar-refractivity contribution in [1.29, 1.82) is 0 Å². The molecule has 0 bridgehead atoms. The van der Waals surface area contributed by atoms with E-state index < -0.39 is 10.0 Å². The molecule has 0 atom stereocenters. The van der Waals surface area contributed by atoms with Gasteiger partial charge in [-0.1, -0.05) is 0 Å². The number of anilines is 1. The molecule has 5 nitrogen and oxygen atoms in total. The Morgan fingerprint density at radius 1 is 1.00 bits per heavy atom. The quantitative estimate of drug-likeness (QED) is 0.875. The van der Waals surface area contributed by atoms with Gasteiger partial charge in [0.15, 0.2) is 0 Å². The molecule has 1 N–H and O–H groups in total. The summed E-state index contributed by atoms with van der Waals surface area (Å²) in [6, 6.07) is 11.2. The van der Waals surface area contributed by atoms with E-state index in [0.29, 0.717) is 21.7 Å². The first kappa shape index (κ1) is 15.7. The Bertz CT molecular complexity index is 729. The second-order valence-electron chi connectivity index (χ2n) is 4.13. The van der Waals surface area contributed by atoms with Crippen LogP contribution in [0.5, 0.6) is 11.5 Å². The highest BCUT2D eigenvalue weighted by Crippen LogP contribution is 2.28. The molecule has 0 saturated carbocycles. The first-order valence-electron chi connectivity index (χ1n) is 5.96. The Morgan fingerprint density at radius 2 is 1.67 bits per heavy atom. The molecule has 0 aliphatic heterocycles. The third-order valence-electron chi connectivity index (χ3n) is 2.78. The number of halogens is 1. The number of benzene rings is 2. The van der Waals surface area contributed by atoms with E-state index in [2.05, 4.69) is 20.7 Å². The number of methoxy groups -OCH3 is 2. The number of hydrogen-bond acceptors (Lipinski definition) is 4. The third kappa shape index (κ3) is 3.68. The lowest BCUT2D eigenvalue weighted by atomic mass is 10.3. The fraction of sp³-hybridized carbons (Fsp3) is 0.143. The molecule has 112 valence electrons. The Morgan fingerprint density at radius 3 is 2.19 bits per heavy atom. The molecule has 2 rings (SSSR count). The summed E-state index contributed by atoms with van der Waals surface area (Å²) in [5.41, 5.74) is 0.461. The molecule has 0 aliphatic carbocycles. The van der Waals surface area contributed by atoms with Crippen LogP contribution in [0.15, 0.2) is 51.8 Å². The van der Waals surface area contributed by atoms with Crippen molar-refractivity contribution in [3.8, 4) is 11.5 Å². The van der Waals surface area contributed by atoms with E-state index in [0.717, 1.165) is 0 Å². The zero-order chi connectivity index (χ0) is 15.5. The summed E-state index contributed by atoms with van der Waals surface area (Å²) in [7, 11) is -0.589. The van der Waals surface area contributed by atoms with Gasteiger partial charge in [0.2, 0.25) is 0 Å². The van der Waals surface area contributed by atoms with Crippen molar-refractivity contribution in [2.45, 2.75) is 4.90 Å². The van der Waals surface area contributed by atoms with E-state index in [1.54, 1.807) is 37.4 Å². The monoisotopic (exact) mass is 371 g/mol. The zero-order valence-electron chi connectivity index (χ0n) is 11.5. The molecule has 21 heavy (non-hydrogen) atoms. The number of rotatable bonds is 5. The first-order chi connectivity index (χ1) is 9.96. The van der Waals surface area contributed by atoms with Gasteiger partial charge >= 0.3 is 0 Å². The smallest absolute Gasteiger partial charge is 0.261 e. The van der Waals surface area contributed by atoms with Gasteiger partial charge in [0, 0.05) is 5.69 Å². The van der Waals surface area contributed by atoms with Crippen molar-refractivity contribution in [1.82, 2.24) is 0 Å². The number of hydrogen-bond donors (Lipinski definition) is 1. The molecule has 0 saturated heterocycles. The molecular weight excluding hydrogens is 358 g/mol. The van der Waals surface area contributed by atoms with E-state index in [1.165, 1.54) is 19.2 Å². The molecule has 0 unspecified atom stereocenters. The average Bonchev–Trinajstić information content (AvgIpc) is 2.47. The van der Waals surface area contributed by atoms with E-state index in [4.69, 9.17) is 9.47 Å². The summed E-state index contributed by atoms with van der Waals surface area (Å²) in [6.07, 6.45) is 0. The van der Waals surface area contributed by atoms with Crippen LogP contribution in [0.1, 0.15) is 0 Å². The number of sulfonamides is 1. The molecule has 7 heteroatoms. The van der Waals surface area contributed by atoms with Crippen LogP contribution in [0.3, 0.4) is 0 Å². The zero-order valence-corrected chi connectivity index (χ0v) is 13.9. The van der Waals surface area contributed by atoms with Crippen LogP contribution in [-0.4, -0.2) is 22.6 Å². The Kier molecular flexibility index (Phi) is 4.74. The molecule has 2 aromatic rings. The summed E-state index contributed by atoms with van der Waals surface area (Å²) >= 11 is 3.27. The fourth-order valence-corrected chi connectivity index (χ4v) is 3.46. The predicted octanol–water partition coefficient (Wildman–Crippen LogP) is 3.27. The van der Waals surface area contributed by atoms with Gasteiger partial charge in [-0.05, 0) is 58.4 Å². The molecular formula is C14H14BrNO4S. The van der Waals surface area contributed by atoms with E-state index in [-0.39, 0.29) is 4.90 Å². The molecule has 0 radical (unpaired) electrons. The SMILES string of the molecule is COc1ccc(NS(=O)(=O)c2ccc(OC)c(Br)c2)cc1. The standard InChI is InChI=1S/C14H14BrNO4S/c1-19-11-5-3-10(4-6-11)16-21(17,18)12-7-8-14(20-2)13(15)9-12/h3-9,16H,1-2H3. The van der Waals surface area contributed by atoms with Crippen LogP contribution in [0.2, 0.25) is 0 Å². The Labute approximate surface area is 132 Å². The van der Waals surface area contributed by atoms with Crippen molar-refractivity contribution in [2.75, 3.05) is 18.9 Å². The van der Waals surface area contributed by atoms with E-state index in [9.17, 15) is 8.42 Å². The Balaban J connectivity index is 2.26. The summed E-state index contributed by atoms with van der Waals surface area (Å²) in [6.45, 7) is 0. The largest absolute Gasteiger partial charge is 0.497 e. The highest BCUT2D eigenvalue weighted by Gasteiger charge is 2.16. The van der Waals surface area contributed by atoms with Gasteiger partial charge in [-0.25, -0.2) is 8.42 Å². The summed E-state index contributed by atoms with van der Waals surface area (Å²) in [5, 5.41) is 0. The van der Waals surface area contributed by atoms with Crippen molar-refractivity contribution in [3.05, 3.63) is 46.9 Å². The maximum absolute atomic E-state index is 12.3. The minimum atomic E-state index is -3.66. The maximum Gasteiger partial charge on any atom is 0.261 e. The molecule has 0 amide bonds. The van der Waals surface area contributed by atoms with Gasteiger partial charge in [0.05, 0.1) is 23.6 Å². The van der Waals surface area contributed by atoms with Crippen LogP contribution in [-0.2, 0) is 10.0 Å². The van der Waals surface area contributed by atoms with Crippen LogP contribution in [0.4, 0.5) is 5.69 Å². The second-order valence-corrected chi connectivity index (χ2v) is 6.67. The van der Waals surface area contributed by atoms with Crippen LogP contribution < -0.4 is 14.2 Å². The summed E-state index contributed by atoms with van der Waals surface area (Å²) < 4.78 is 37.8. The van der Waals surface area contributed by atoms with Gasteiger partial charge in [-0.15, -0.1) is 0 Å². The number of nitrogens with one attached hydrogen (secondary N) is 1. The highest BCUT2D eigenvalue weighted by atomic mass is 79.9. The maximum atomic E-state index is 12.3. The molecule has 0 fully saturated rings. The van der Waals surface area contributed by atoms with Gasteiger partial charge in [-0.2, -0.15) is 0 Å². The van der Waals surface area contributed by atoms with Gasteiger partial charge in [0.1, 0.15) is 11.5 Å². The fourth-order valence-electron chi connectivity index (χ4n) is 1.69. The summed E-state index contributed by atoms with van der Waals surface area (Å²) in [5.74, 6) is 1.23. The molecule has 0 aliphatic rings. The lowest BCUT2D eigenvalue weighted by molar-refractivity contribution is 0.411. The normalized spacial score (nSPS) is 11.0. The van der Waals surface area contributed by atoms with Gasteiger partial charge in [-0.3, -0.25) is 4.72 Å². The minimum Gasteiger partial charge on any atom is -0.497 e. The van der Waals surface area contributed by atoms with E-state index in [1.807, 2.05) is 0 Å². The highest BCUT2D eigenvalue weighted by molar-refractivity contribution is 9.10. The lowest BCUT2D eigenvalue weighted by Gasteiger charge is -2.10. The minimum absolute atomic E-state index is 0.144.